The maximum atomic E-state index is 14.0. The first kappa shape index (κ1) is 27.6. The highest BCUT2D eigenvalue weighted by molar-refractivity contribution is 5.92. The Hall–Kier alpha value is -3.58. The fraction of sp³-hybridized carbons (Fsp3) is 0.593. The third-order valence-corrected chi connectivity index (χ3v) is 8.41. The lowest BCUT2D eigenvalue weighted by molar-refractivity contribution is -0.183. The van der Waals surface area contributed by atoms with Gasteiger partial charge in [0, 0.05) is 37.9 Å². The Bertz CT molecular complexity index is 1440. The molecule has 14 heteroatoms. The molecule has 9 nitrogen and oxygen atoms in total. The quantitative estimate of drug-likeness (QED) is 0.404. The van der Waals surface area contributed by atoms with E-state index in [1.807, 2.05) is 0 Å². The molecule has 2 unspecified atom stereocenters. The van der Waals surface area contributed by atoms with Gasteiger partial charge in [0.15, 0.2) is 5.65 Å². The van der Waals surface area contributed by atoms with E-state index >= 15 is 0 Å². The monoisotopic (exact) mass is 579 g/mol. The van der Waals surface area contributed by atoms with Gasteiger partial charge in [-0.05, 0) is 56.2 Å². The summed E-state index contributed by atoms with van der Waals surface area (Å²) in [6.45, 7) is -0.433. The van der Waals surface area contributed by atoms with Crippen LogP contribution in [0.3, 0.4) is 0 Å². The minimum Gasteiger partial charge on any atom is -0.355 e. The number of carbonyl (C=O) groups excluding carboxylic acids is 2. The van der Waals surface area contributed by atoms with E-state index in [4.69, 9.17) is 0 Å². The summed E-state index contributed by atoms with van der Waals surface area (Å²) >= 11 is 0. The second kappa shape index (κ2) is 10.4. The zero-order valence-corrected chi connectivity index (χ0v) is 22.1. The molecule has 3 aromatic heterocycles. The molecule has 2 aliphatic carbocycles. The van der Waals surface area contributed by atoms with Gasteiger partial charge in [0.2, 0.25) is 11.8 Å². The fourth-order valence-corrected chi connectivity index (χ4v) is 5.93. The molecule has 220 valence electrons. The lowest BCUT2D eigenvalue weighted by Gasteiger charge is -2.33. The van der Waals surface area contributed by atoms with Crippen LogP contribution in [0.25, 0.3) is 5.65 Å². The van der Waals surface area contributed by atoms with E-state index in [9.17, 15) is 31.5 Å². The topological polar surface area (TPSA) is 106 Å². The molecule has 2 amide bonds. The Labute approximate surface area is 231 Å². The Kier molecular flexibility index (Phi) is 6.97. The minimum atomic E-state index is -4.40. The van der Waals surface area contributed by atoms with E-state index < -0.39 is 42.4 Å². The predicted octanol–water partition coefficient (Wildman–Crippen LogP) is 4.41. The smallest absolute Gasteiger partial charge is 0.355 e. The van der Waals surface area contributed by atoms with Gasteiger partial charge in [-0.15, -0.1) is 0 Å². The number of carbonyl (C=O) groups is 2. The molecule has 3 fully saturated rings. The average Bonchev–Trinajstić information content (AvgIpc) is 3.48. The number of alkyl halides is 5. The van der Waals surface area contributed by atoms with Crippen LogP contribution in [0.2, 0.25) is 0 Å². The van der Waals surface area contributed by atoms with Crippen LogP contribution in [0.5, 0.6) is 0 Å². The molecule has 2 saturated carbocycles. The number of piperidine rings is 1. The number of hydrogen-bond acceptors (Lipinski definition) is 5. The number of fused-ring (bicyclic) bond motifs is 1. The van der Waals surface area contributed by atoms with Crippen molar-refractivity contribution in [2.75, 3.05) is 6.54 Å². The van der Waals surface area contributed by atoms with Crippen LogP contribution in [0.4, 0.5) is 22.0 Å². The van der Waals surface area contributed by atoms with Gasteiger partial charge in [-0.2, -0.15) is 23.4 Å². The van der Waals surface area contributed by atoms with Gasteiger partial charge in [0.25, 0.3) is 5.91 Å². The molecule has 0 radical (unpaired) electrons. The number of nitrogens with zero attached hydrogens (tertiary/aromatic N) is 5. The summed E-state index contributed by atoms with van der Waals surface area (Å²) in [5.74, 6) is -6.34. The number of hydrogen-bond donors (Lipinski definition) is 2. The summed E-state index contributed by atoms with van der Waals surface area (Å²) in [6.07, 6.45) is 0.148. The second-order valence-electron chi connectivity index (χ2n) is 11.5. The van der Waals surface area contributed by atoms with Crippen LogP contribution in [0.1, 0.15) is 78.9 Å². The zero-order chi connectivity index (χ0) is 28.9. The van der Waals surface area contributed by atoms with E-state index in [0.29, 0.717) is 22.7 Å². The molecule has 4 heterocycles. The lowest BCUT2D eigenvalue weighted by Crippen LogP contribution is -2.47. The third-order valence-electron chi connectivity index (χ3n) is 8.41. The zero-order valence-electron chi connectivity index (χ0n) is 22.1. The molecule has 3 atom stereocenters. The van der Waals surface area contributed by atoms with Crippen molar-refractivity contribution in [2.24, 2.45) is 17.8 Å². The number of imidazole rings is 1. The highest BCUT2D eigenvalue weighted by atomic mass is 19.4. The van der Waals surface area contributed by atoms with Crippen LogP contribution in [0, 0.1) is 17.8 Å². The standard InChI is InChI=1S/C27H30F5N7O2/c28-26(29)8-5-15(6-9-26)23(36-25(41)21-7-10-34-39(21)19-2-3-19)20-14-38-22(35-20)4-1-18(37-38)12-16-11-17(27(30,31)32)13-33-24(16)40/h1,4,7,10,14-17,19,23H,2-3,5-6,8-9,11-13H2,(H,33,40)(H,36,41)/t16?,17-,23?/m1/s1. The first-order chi connectivity index (χ1) is 19.5. The highest BCUT2D eigenvalue weighted by Crippen LogP contribution is 2.42. The lowest BCUT2D eigenvalue weighted by atomic mass is 9.81. The van der Waals surface area contributed by atoms with Crippen LogP contribution >= 0.6 is 0 Å². The highest BCUT2D eigenvalue weighted by Gasteiger charge is 2.45. The number of amides is 2. The summed E-state index contributed by atoms with van der Waals surface area (Å²) in [5, 5.41) is 14.1. The molecule has 0 bridgehead atoms. The number of halogens is 5. The Morgan fingerprint density at radius 1 is 1.15 bits per heavy atom. The Balaban J connectivity index is 1.24. The molecule has 6 rings (SSSR count). The maximum Gasteiger partial charge on any atom is 0.393 e. The Morgan fingerprint density at radius 3 is 2.61 bits per heavy atom. The van der Waals surface area contributed by atoms with E-state index in [-0.39, 0.29) is 56.4 Å². The second-order valence-corrected chi connectivity index (χ2v) is 11.5. The fourth-order valence-electron chi connectivity index (χ4n) is 5.93. The van der Waals surface area contributed by atoms with Crippen molar-refractivity contribution in [3.05, 3.63) is 47.7 Å². The number of rotatable bonds is 7. The van der Waals surface area contributed by atoms with Crippen LogP contribution in [0.15, 0.2) is 30.6 Å². The molecule has 3 aliphatic rings. The molecule has 1 saturated heterocycles. The minimum absolute atomic E-state index is 0.0187. The largest absolute Gasteiger partial charge is 0.393 e. The third kappa shape index (κ3) is 5.91. The van der Waals surface area contributed by atoms with Crippen LogP contribution in [-0.4, -0.2) is 54.8 Å². The first-order valence-corrected chi connectivity index (χ1v) is 13.9. The van der Waals surface area contributed by atoms with Gasteiger partial charge in [-0.1, -0.05) is 0 Å². The van der Waals surface area contributed by atoms with Crippen LogP contribution < -0.4 is 10.6 Å². The molecule has 0 spiro atoms. The summed E-state index contributed by atoms with van der Waals surface area (Å²) in [4.78, 5) is 30.3. The van der Waals surface area contributed by atoms with E-state index in [0.717, 1.165) is 12.8 Å². The summed E-state index contributed by atoms with van der Waals surface area (Å²) in [7, 11) is 0. The van der Waals surface area contributed by atoms with Crippen molar-refractivity contribution in [3.8, 4) is 0 Å². The van der Waals surface area contributed by atoms with Crippen molar-refractivity contribution in [3.63, 3.8) is 0 Å². The van der Waals surface area contributed by atoms with Crippen molar-refractivity contribution in [1.82, 2.24) is 35.0 Å². The van der Waals surface area contributed by atoms with Gasteiger partial charge >= 0.3 is 6.18 Å². The van der Waals surface area contributed by atoms with Crippen molar-refractivity contribution >= 4 is 17.5 Å². The molecule has 3 aromatic rings. The molecule has 1 aliphatic heterocycles. The normalized spacial score (nSPS) is 24.3. The van der Waals surface area contributed by atoms with Gasteiger partial charge in [-0.25, -0.2) is 18.3 Å². The maximum absolute atomic E-state index is 14.0. The van der Waals surface area contributed by atoms with Crippen molar-refractivity contribution < 1.29 is 31.5 Å². The summed E-state index contributed by atoms with van der Waals surface area (Å²) in [5.41, 5.74) is 1.68. The van der Waals surface area contributed by atoms with Crippen LogP contribution in [-0.2, 0) is 11.2 Å². The summed E-state index contributed by atoms with van der Waals surface area (Å²) < 4.78 is 70.9. The molecular formula is C27H30F5N7O2. The SMILES string of the molecule is O=C(NC(c1cn2nc(CC3C[C@@H](C(F)(F)F)CNC3=O)ccc2n1)C1CCC(F)(F)CC1)c1ccnn1C1CC1. The molecule has 41 heavy (non-hydrogen) atoms. The Morgan fingerprint density at radius 2 is 1.90 bits per heavy atom. The number of nitrogens with one attached hydrogen (secondary N) is 2. The molecular weight excluding hydrogens is 549 g/mol. The van der Waals surface area contributed by atoms with Gasteiger partial charge < -0.3 is 10.6 Å². The van der Waals surface area contributed by atoms with Gasteiger partial charge in [0.1, 0.15) is 5.69 Å². The molecule has 0 aromatic carbocycles. The van der Waals surface area contributed by atoms with Gasteiger partial charge in [-0.3, -0.25) is 14.3 Å². The summed E-state index contributed by atoms with van der Waals surface area (Å²) in [6, 6.07) is 4.39. The van der Waals surface area contributed by atoms with Gasteiger partial charge in [0.05, 0.1) is 35.6 Å². The van der Waals surface area contributed by atoms with E-state index in [1.54, 1.807) is 35.3 Å². The predicted molar refractivity (Wildman–Crippen MR) is 135 cm³/mol. The average molecular weight is 580 g/mol. The van der Waals surface area contributed by atoms with Crippen molar-refractivity contribution in [2.45, 2.75) is 75.5 Å². The van der Waals surface area contributed by atoms with E-state index in [1.165, 1.54) is 4.52 Å². The first-order valence-electron chi connectivity index (χ1n) is 13.9. The number of aromatic nitrogens is 5. The van der Waals surface area contributed by atoms with E-state index in [2.05, 4.69) is 25.8 Å². The van der Waals surface area contributed by atoms with Crippen molar-refractivity contribution in [1.29, 1.82) is 0 Å². The molecule has 2 N–H and O–H groups in total.